The van der Waals surface area contributed by atoms with E-state index in [0.29, 0.717) is 47.0 Å². The molecule has 0 aliphatic carbocycles. The van der Waals surface area contributed by atoms with E-state index in [-0.39, 0.29) is 82.8 Å². The number of imide groups is 2. The molecule has 0 saturated carbocycles. The zero-order valence-corrected chi connectivity index (χ0v) is 37.3. The molecule has 67 heavy (non-hydrogen) atoms. The Kier molecular flexibility index (Phi) is 16.9. The molecule has 5 N–H and O–H groups in total. The number of halogens is 1. The maximum absolute atomic E-state index is 13.0. The van der Waals surface area contributed by atoms with Crippen molar-refractivity contribution in [2.45, 2.75) is 57.7 Å². The van der Waals surface area contributed by atoms with Crippen LogP contribution in [0.15, 0.2) is 72.8 Å². The molecule has 6 rings (SSSR count). The maximum Gasteiger partial charge on any atom is 0.409 e. The molecule has 3 aromatic carbocycles. The van der Waals surface area contributed by atoms with Gasteiger partial charge >= 0.3 is 6.09 Å². The van der Waals surface area contributed by atoms with Crippen LogP contribution in [0, 0.1) is 0 Å². The Balaban J connectivity index is 0.803. The van der Waals surface area contributed by atoms with Crippen molar-refractivity contribution in [1.82, 2.24) is 30.7 Å². The van der Waals surface area contributed by atoms with Crippen molar-refractivity contribution in [3.63, 3.8) is 0 Å². The van der Waals surface area contributed by atoms with E-state index in [9.17, 15) is 47.9 Å². The topological polar surface area (TPSA) is 259 Å². The van der Waals surface area contributed by atoms with Crippen molar-refractivity contribution in [2.75, 3.05) is 57.1 Å². The monoisotopic (exact) mass is 940 g/mol. The molecule has 352 valence electrons. The highest BCUT2D eigenvalue weighted by molar-refractivity contribution is 6.31. The van der Waals surface area contributed by atoms with Crippen LogP contribution in [-0.4, -0.2) is 126 Å². The summed E-state index contributed by atoms with van der Waals surface area (Å²) in [7, 11) is 1.58. The highest BCUT2D eigenvalue weighted by Crippen LogP contribution is 2.29. The van der Waals surface area contributed by atoms with Gasteiger partial charge in [0.1, 0.15) is 12.6 Å². The van der Waals surface area contributed by atoms with Gasteiger partial charge in [0.2, 0.25) is 35.4 Å². The summed E-state index contributed by atoms with van der Waals surface area (Å²) < 4.78 is 11.1. The summed E-state index contributed by atoms with van der Waals surface area (Å²) in [5.41, 5.74) is 4.60. The van der Waals surface area contributed by atoms with Gasteiger partial charge in [-0.1, -0.05) is 41.9 Å². The molecule has 1 unspecified atom stereocenters. The third-order valence-corrected chi connectivity index (χ3v) is 11.3. The van der Waals surface area contributed by atoms with Gasteiger partial charge in [0.25, 0.3) is 17.7 Å². The number of anilines is 2. The lowest BCUT2D eigenvalue weighted by molar-refractivity contribution is -0.138. The number of carbonyl (C=O) groups excluding carboxylic acids is 10. The molecular weight excluding hydrogens is 892 g/mol. The largest absolute Gasteiger partial charge is 0.445 e. The lowest BCUT2D eigenvalue weighted by Gasteiger charge is -2.29. The molecule has 3 heterocycles. The molecule has 10 amide bonds. The number of fused-ring (bicyclic) bond motifs is 1. The summed E-state index contributed by atoms with van der Waals surface area (Å²) in [4.78, 5) is 125. The summed E-state index contributed by atoms with van der Waals surface area (Å²) in [5, 5.41) is 13.0. The first kappa shape index (κ1) is 49.0. The third kappa shape index (κ3) is 14.0. The van der Waals surface area contributed by atoms with E-state index in [4.69, 9.17) is 21.1 Å². The quantitative estimate of drug-likeness (QED) is 0.0759. The number of hydrogen-bond acceptors (Lipinski definition) is 12. The average Bonchev–Trinajstić information content (AvgIpc) is 3.81. The molecule has 1 saturated heterocycles. The van der Waals surface area contributed by atoms with Crippen LogP contribution in [0.4, 0.5) is 16.2 Å². The fourth-order valence-corrected chi connectivity index (χ4v) is 7.46. The molecule has 0 aromatic heterocycles. The number of carbonyl (C=O) groups is 10. The Morgan fingerprint density at radius 2 is 1.46 bits per heavy atom. The van der Waals surface area contributed by atoms with Gasteiger partial charge in [0.05, 0.1) is 26.3 Å². The lowest BCUT2D eigenvalue weighted by Crippen LogP contribution is -2.52. The van der Waals surface area contributed by atoms with E-state index < -0.39 is 54.1 Å². The van der Waals surface area contributed by atoms with Crippen molar-refractivity contribution in [2.24, 2.45) is 0 Å². The molecule has 21 heteroatoms. The van der Waals surface area contributed by atoms with Crippen LogP contribution in [0.2, 0.25) is 5.02 Å². The fraction of sp³-hybridized carbons (Fsp3) is 0.348. The van der Waals surface area contributed by atoms with E-state index in [2.05, 4.69) is 26.6 Å². The van der Waals surface area contributed by atoms with Crippen molar-refractivity contribution < 1.29 is 57.4 Å². The van der Waals surface area contributed by atoms with Gasteiger partial charge < -0.3 is 40.5 Å². The number of likely N-dealkylation sites (N-methyl/N-ethyl adjacent to an activating group) is 1. The number of nitrogens with one attached hydrogen (secondary N) is 5. The van der Waals surface area contributed by atoms with Gasteiger partial charge in [0.15, 0.2) is 0 Å². The van der Waals surface area contributed by atoms with E-state index in [1.54, 1.807) is 61.6 Å². The molecular formula is C46H49ClN8O12. The zero-order chi connectivity index (χ0) is 48.0. The van der Waals surface area contributed by atoms with Crippen molar-refractivity contribution in [3.05, 3.63) is 106 Å². The molecule has 1 fully saturated rings. The van der Waals surface area contributed by atoms with Gasteiger partial charge in [0, 0.05) is 80.1 Å². The first-order valence-corrected chi connectivity index (χ1v) is 21.8. The number of ether oxygens (including phenoxy) is 2. The number of rotatable bonds is 21. The van der Waals surface area contributed by atoms with Crippen LogP contribution < -0.4 is 26.6 Å². The summed E-state index contributed by atoms with van der Waals surface area (Å²) in [6.07, 6.45) is 3.05. The smallest absolute Gasteiger partial charge is 0.409 e. The summed E-state index contributed by atoms with van der Waals surface area (Å²) in [6, 6.07) is 16.4. The molecule has 0 bridgehead atoms. The third-order valence-electron chi connectivity index (χ3n) is 10.9. The Morgan fingerprint density at radius 1 is 0.776 bits per heavy atom. The summed E-state index contributed by atoms with van der Waals surface area (Å²) in [5.74, 6) is -3.97. The second-order valence-corrected chi connectivity index (χ2v) is 16.2. The first-order valence-electron chi connectivity index (χ1n) is 21.4. The highest BCUT2D eigenvalue weighted by atomic mass is 35.5. The molecule has 3 aliphatic heterocycles. The van der Waals surface area contributed by atoms with Gasteiger partial charge in [-0.25, -0.2) is 4.79 Å². The highest BCUT2D eigenvalue weighted by Gasteiger charge is 2.39. The number of nitrogens with zero attached hydrogens (tertiary/aromatic N) is 3. The number of amides is 10. The number of piperidine rings is 1. The SMILES string of the molecule is CN(CCOCCc1ccc(NC(=O)CCc2ccc3c(c2)CN(C2CCC(=O)NC2=O)C3=O)cc1Cl)C(=O)OCc1ccc(NC(=O)CNC(=O)CNC(=O)CCN2C(=O)C=CC2=O)cc1. The summed E-state index contributed by atoms with van der Waals surface area (Å²) in [6.45, 7) is 0.185. The van der Waals surface area contributed by atoms with E-state index in [1.165, 1.54) is 9.80 Å². The Morgan fingerprint density at radius 3 is 2.19 bits per heavy atom. The standard InChI is InChI=1S/C46H49ClN8O12/c1-53(46(65)67-27-29-2-7-32(8-3-29)50-41(60)25-49-40(59)24-48-37(56)16-18-54-42(61)14-15-43(54)62)19-21-66-20-17-30-6-9-33(23-35(30)47)51-38(57)12-5-28-4-10-34-31(22-28)26-55(45(34)64)36-11-13-39(58)52-44(36)63/h2-4,6-10,14-15,22-23,36H,5,11-13,16-21,24-27H2,1H3,(H,48,56)(H,49,59)(H,50,60)(H,51,57)(H,52,58,63). The number of aryl methyl sites for hydroxylation is 1. The number of hydrogen-bond donors (Lipinski definition) is 5. The van der Waals surface area contributed by atoms with Gasteiger partial charge in [-0.15, -0.1) is 0 Å². The van der Waals surface area contributed by atoms with Crippen LogP contribution in [0.1, 0.15) is 58.3 Å². The van der Waals surface area contributed by atoms with E-state index in [0.717, 1.165) is 33.7 Å². The van der Waals surface area contributed by atoms with Crippen molar-refractivity contribution >= 4 is 82.2 Å². The maximum atomic E-state index is 13.0. The van der Waals surface area contributed by atoms with Crippen molar-refractivity contribution in [3.8, 4) is 0 Å². The molecule has 0 spiro atoms. The summed E-state index contributed by atoms with van der Waals surface area (Å²) >= 11 is 6.52. The second kappa shape index (κ2) is 23.1. The minimum Gasteiger partial charge on any atom is -0.445 e. The first-order chi connectivity index (χ1) is 32.1. The van der Waals surface area contributed by atoms with Gasteiger partial charge in [-0.3, -0.25) is 53.4 Å². The van der Waals surface area contributed by atoms with Crippen LogP contribution in [-0.2, 0) is 73.8 Å². The van der Waals surface area contributed by atoms with Crippen LogP contribution in [0.3, 0.4) is 0 Å². The predicted octanol–water partition coefficient (Wildman–Crippen LogP) is 1.99. The normalized spacial score (nSPS) is 15.3. The van der Waals surface area contributed by atoms with Crippen molar-refractivity contribution in [1.29, 1.82) is 0 Å². The minimum atomic E-state index is -0.694. The van der Waals surface area contributed by atoms with Crippen LogP contribution in [0.25, 0.3) is 0 Å². The Hall–Kier alpha value is -7.45. The fourth-order valence-electron chi connectivity index (χ4n) is 7.19. The minimum absolute atomic E-state index is 0.0248. The molecule has 3 aromatic rings. The second-order valence-electron chi connectivity index (χ2n) is 15.8. The van der Waals surface area contributed by atoms with Crippen LogP contribution in [0.5, 0.6) is 0 Å². The molecule has 20 nitrogen and oxygen atoms in total. The van der Waals surface area contributed by atoms with E-state index >= 15 is 0 Å². The predicted molar refractivity (Wildman–Crippen MR) is 240 cm³/mol. The van der Waals surface area contributed by atoms with Gasteiger partial charge in [-0.05, 0) is 71.8 Å². The van der Waals surface area contributed by atoms with Gasteiger partial charge in [-0.2, -0.15) is 0 Å². The number of benzene rings is 3. The Bertz CT molecular complexity index is 2460. The Labute approximate surface area is 389 Å². The zero-order valence-electron chi connectivity index (χ0n) is 36.5. The lowest BCUT2D eigenvalue weighted by atomic mass is 10.0. The van der Waals surface area contributed by atoms with E-state index in [1.807, 2.05) is 6.07 Å². The van der Waals surface area contributed by atoms with Crippen LogP contribution >= 0.6 is 11.6 Å². The average molecular weight is 941 g/mol. The molecule has 3 aliphatic rings. The molecule has 1 atom stereocenters. The molecule has 0 radical (unpaired) electrons.